The van der Waals surface area contributed by atoms with E-state index in [1.54, 1.807) is 0 Å². The van der Waals surface area contributed by atoms with Gasteiger partial charge in [0.25, 0.3) is 0 Å². The molecular formula is C23H29N5O3. The van der Waals surface area contributed by atoms with Crippen LogP contribution in [0.15, 0.2) is 24.3 Å². The van der Waals surface area contributed by atoms with E-state index in [2.05, 4.69) is 22.5 Å². The highest BCUT2D eigenvalue weighted by atomic mass is 16.5. The van der Waals surface area contributed by atoms with Crippen molar-refractivity contribution >= 4 is 17.5 Å². The van der Waals surface area contributed by atoms with Crippen LogP contribution in [0.5, 0.6) is 5.88 Å². The predicted molar refractivity (Wildman–Crippen MR) is 119 cm³/mol. The number of anilines is 2. The van der Waals surface area contributed by atoms with E-state index >= 15 is 0 Å². The Morgan fingerprint density at radius 3 is 2.74 bits per heavy atom. The standard InChI is InChI=1S/C23H29N5O3/c1-3-24-22(29)25-17-6-4-16(5-7-17)19-26-20(28-12-13-30-14-15(28)2)18-8-9-23(10-11-23)31-21(18)27-19/h4-7,15H,3,8-14H2,1-2H3,(H2,24,25,29)/t15-/m0/s1. The molecule has 1 aliphatic carbocycles. The van der Waals surface area contributed by atoms with Crippen molar-refractivity contribution < 1.29 is 14.3 Å². The van der Waals surface area contributed by atoms with Gasteiger partial charge in [0.15, 0.2) is 5.82 Å². The summed E-state index contributed by atoms with van der Waals surface area (Å²) in [6, 6.07) is 7.64. The van der Waals surface area contributed by atoms with Crippen LogP contribution in [0.25, 0.3) is 11.4 Å². The number of rotatable bonds is 4. The van der Waals surface area contributed by atoms with Crippen molar-refractivity contribution in [2.75, 3.05) is 36.5 Å². The minimum Gasteiger partial charge on any atom is -0.471 e. The molecule has 3 aliphatic rings. The van der Waals surface area contributed by atoms with Crippen LogP contribution in [-0.4, -0.2) is 53.9 Å². The van der Waals surface area contributed by atoms with Crippen molar-refractivity contribution in [3.05, 3.63) is 29.8 Å². The number of nitrogens with zero attached hydrogens (tertiary/aromatic N) is 3. The second kappa shape index (κ2) is 8.00. The number of ether oxygens (including phenoxy) is 2. The lowest BCUT2D eigenvalue weighted by atomic mass is 10.0. The van der Waals surface area contributed by atoms with Crippen LogP contribution >= 0.6 is 0 Å². The number of fused-ring (bicyclic) bond motifs is 1. The highest BCUT2D eigenvalue weighted by Crippen LogP contribution is 2.49. The number of amides is 2. The van der Waals surface area contributed by atoms with Crippen LogP contribution < -0.4 is 20.3 Å². The van der Waals surface area contributed by atoms with Crippen LogP contribution in [0, 0.1) is 0 Å². The quantitative estimate of drug-likeness (QED) is 0.784. The summed E-state index contributed by atoms with van der Waals surface area (Å²) in [6.45, 7) is 6.84. The molecule has 2 N–H and O–H groups in total. The average molecular weight is 424 g/mol. The summed E-state index contributed by atoms with van der Waals surface area (Å²) >= 11 is 0. The fourth-order valence-corrected chi connectivity index (χ4v) is 4.30. The minimum atomic E-state index is -0.216. The Bertz CT molecular complexity index is 974. The molecule has 0 unspecified atom stereocenters. The van der Waals surface area contributed by atoms with E-state index in [9.17, 15) is 4.79 Å². The lowest BCUT2D eigenvalue weighted by Gasteiger charge is -2.37. The maximum atomic E-state index is 11.8. The fourth-order valence-electron chi connectivity index (χ4n) is 4.30. The third-order valence-electron chi connectivity index (χ3n) is 6.28. The molecule has 2 fully saturated rings. The number of morpholine rings is 1. The van der Waals surface area contributed by atoms with E-state index in [0.29, 0.717) is 25.6 Å². The molecule has 1 spiro atoms. The van der Waals surface area contributed by atoms with Gasteiger partial charge in [-0.25, -0.2) is 9.78 Å². The van der Waals surface area contributed by atoms with Crippen LogP contribution in [0.2, 0.25) is 0 Å². The molecule has 0 bridgehead atoms. The highest BCUT2D eigenvalue weighted by Gasteiger charge is 2.49. The summed E-state index contributed by atoms with van der Waals surface area (Å²) in [6.07, 6.45) is 4.20. The van der Waals surface area contributed by atoms with Gasteiger partial charge in [0, 0.05) is 24.3 Å². The monoisotopic (exact) mass is 423 g/mol. The molecule has 31 heavy (non-hydrogen) atoms. The molecular weight excluding hydrogens is 394 g/mol. The molecule has 1 aromatic carbocycles. The summed E-state index contributed by atoms with van der Waals surface area (Å²) in [5, 5.41) is 5.55. The molecule has 5 rings (SSSR count). The molecule has 8 nitrogen and oxygen atoms in total. The van der Waals surface area contributed by atoms with Crippen molar-refractivity contribution in [1.29, 1.82) is 0 Å². The number of carbonyl (C=O) groups is 1. The summed E-state index contributed by atoms with van der Waals surface area (Å²) < 4.78 is 12.0. The number of aromatic nitrogens is 2. The molecule has 0 radical (unpaired) electrons. The van der Waals surface area contributed by atoms with E-state index < -0.39 is 0 Å². The van der Waals surface area contributed by atoms with Crippen molar-refractivity contribution in [2.24, 2.45) is 0 Å². The van der Waals surface area contributed by atoms with Gasteiger partial charge in [-0.2, -0.15) is 4.98 Å². The lowest BCUT2D eigenvalue weighted by Crippen LogP contribution is -2.45. The molecule has 164 valence electrons. The summed E-state index contributed by atoms with van der Waals surface area (Å²) in [7, 11) is 0. The number of benzene rings is 1. The van der Waals surface area contributed by atoms with Gasteiger partial charge in [0.05, 0.1) is 24.8 Å². The van der Waals surface area contributed by atoms with Gasteiger partial charge in [0.2, 0.25) is 5.88 Å². The smallest absolute Gasteiger partial charge is 0.319 e. The van der Waals surface area contributed by atoms with Crippen molar-refractivity contribution in [1.82, 2.24) is 15.3 Å². The third-order valence-corrected chi connectivity index (χ3v) is 6.28. The van der Waals surface area contributed by atoms with Crippen LogP contribution in [-0.2, 0) is 11.2 Å². The van der Waals surface area contributed by atoms with Crippen LogP contribution in [0.3, 0.4) is 0 Å². The van der Waals surface area contributed by atoms with Gasteiger partial charge in [-0.15, -0.1) is 0 Å². The number of urea groups is 1. The largest absolute Gasteiger partial charge is 0.471 e. The Labute approximate surface area is 182 Å². The molecule has 1 atom stereocenters. The SMILES string of the molecule is CCNC(=O)Nc1ccc(-c2nc3c(c(N4CCOC[C@@H]4C)n2)CCC2(CC2)O3)cc1. The molecule has 2 aromatic rings. The van der Waals surface area contributed by atoms with Gasteiger partial charge in [-0.1, -0.05) is 0 Å². The lowest BCUT2D eigenvalue weighted by molar-refractivity contribution is 0.0978. The molecule has 1 saturated carbocycles. The van der Waals surface area contributed by atoms with Gasteiger partial charge in [-0.05, 0) is 63.8 Å². The van der Waals surface area contributed by atoms with Crippen molar-refractivity contribution in [2.45, 2.75) is 51.2 Å². The summed E-state index contributed by atoms with van der Waals surface area (Å²) in [4.78, 5) is 23.9. The first kappa shape index (κ1) is 20.1. The molecule has 1 saturated heterocycles. The summed E-state index contributed by atoms with van der Waals surface area (Å²) in [5.41, 5.74) is 2.73. The zero-order valence-corrected chi connectivity index (χ0v) is 18.1. The highest BCUT2D eigenvalue weighted by molar-refractivity contribution is 5.89. The second-order valence-electron chi connectivity index (χ2n) is 8.62. The van der Waals surface area contributed by atoms with Crippen molar-refractivity contribution in [3.63, 3.8) is 0 Å². The molecule has 8 heteroatoms. The fraction of sp³-hybridized carbons (Fsp3) is 0.522. The molecule has 3 heterocycles. The number of carbonyl (C=O) groups excluding carboxylic acids is 1. The summed E-state index contributed by atoms with van der Waals surface area (Å²) in [5.74, 6) is 2.34. The maximum Gasteiger partial charge on any atom is 0.319 e. The Balaban J connectivity index is 1.48. The van der Waals surface area contributed by atoms with Gasteiger partial charge >= 0.3 is 6.03 Å². The van der Waals surface area contributed by atoms with E-state index in [1.807, 2.05) is 31.2 Å². The first-order valence-electron chi connectivity index (χ1n) is 11.2. The Hall–Kier alpha value is -2.87. The van der Waals surface area contributed by atoms with Gasteiger partial charge in [0.1, 0.15) is 11.4 Å². The van der Waals surface area contributed by atoms with E-state index in [4.69, 9.17) is 19.4 Å². The topological polar surface area (TPSA) is 88.6 Å². The van der Waals surface area contributed by atoms with E-state index in [-0.39, 0.29) is 17.7 Å². The van der Waals surface area contributed by atoms with Gasteiger partial charge < -0.3 is 25.0 Å². The maximum absolute atomic E-state index is 11.8. The number of hydrogen-bond acceptors (Lipinski definition) is 6. The number of hydrogen-bond donors (Lipinski definition) is 2. The zero-order valence-electron chi connectivity index (χ0n) is 18.1. The zero-order chi connectivity index (χ0) is 21.4. The Morgan fingerprint density at radius 1 is 1.23 bits per heavy atom. The minimum absolute atomic E-state index is 0.00701. The van der Waals surface area contributed by atoms with Crippen LogP contribution in [0.4, 0.5) is 16.3 Å². The normalized spacial score (nSPS) is 21.2. The Morgan fingerprint density at radius 2 is 2.03 bits per heavy atom. The molecule has 2 aliphatic heterocycles. The Kier molecular flexibility index (Phi) is 5.17. The molecule has 1 aromatic heterocycles. The van der Waals surface area contributed by atoms with E-state index in [0.717, 1.165) is 60.7 Å². The number of nitrogens with one attached hydrogen (secondary N) is 2. The average Bonchev–Trinajstić information content (AvgIpc) is 3.52. The third kappa shape index (κ3) is 4.04. The first-order chi connectivity index (χ1) is 15.1. The van der Waals surface area contributed by atoms with Crippen molar-refractivity contribution in [3.8, 4) is 17.3 Å². The van der Waals surface area contributed by atoms with Gasteiger partial charge in [-0.3, -0.25) is 0 Å². The second-order valence-corrected chi connectivity index (χ2v) is 8.62. The molecule has 2 amide bonds. The first-order valence-corrected chi connectivity index (χ1v) is 11.2. The van der Waals surface area contributed by atoms with Crippen LogP contribution in [0.1, 0.15) is 38.7 Å². The van der Waals surface area contributed by atoms with E-state index in [1.165, 1.54) is 0 Å². The predicted octanol–water partition coefficient (Wildman–Crippen LogP) is 3.37.